The van der Waals surface area contributed by atoms with Gasteiger partial charge in [0.2, 0.25) is 0 Å². The number of hydrogen-bond donors (Lipinski definition) is 1. The van der Waals surface area contributed by atoms with E-state index in [4.69, 9.17) is 0 Å². The number of alkyl halides is 3. The van der Waals surface area contributed by atoms with Crippen molar-refractivity contribution in [2.24, 2.45) is 22.4 Å². The van der Waals surface area contributed by atoms with Crippen LogP contribution in [0, 0.1) is 23.1 Å². The highest BCUT2D eigenvalue weighted by Gasteiger charge is 2.69. The first-order valence-corrected chi connectivity index (χ1v) is 9.38. The van der Waals surface area contributed by atoms with Gasteiger partial charge in [-0.2, -0.15) is 23.3 Å². The predicted octanol–water partition coefficient (Wildman–Crippen LogP) is 4.74. The average molecular weight is 400 g/mol. The van der Waals surface area contributed by atoms with E-state index in [2.05, 4.69) is 5.10 Å². The van der Waals surface area contributed by atoms with Crippen molar-refractivity contribution >= 4 is 11.6 Å². The topological polar surface area (TPSA) is 52.9 Å². The van der Waals surface area contributed by atoms with Crippen molar-refractivity contribution in [1.82, 2.24) is 5.01 Å². The summed E-state index contributed by atoms with van der Waals surface area (Å²) >= 11 is 0. The Morgan fingerprint density at radius 1 is 1.29 bits per heavy atom. The summed E-state index contributed by atoms with van der Waals surface area (Å²) in [6.07, 6.45) is -3.24. The molecule has 3 atom stereocenters. The molecular weight excluding hydrogens is 376 g/mol. The van der Waals surface area contributed by atoms with Crippen LogP contribution in [0.15, 0.2) is 29.4 Å². The molecule has 28 heavy (non-hydrogen) atoms. The number of carbonyl (C=O) groups is 1. The van der Waals surface area contributed by atoms with Crippen molar-refractivity contribution < 1.29 is 27.5 Å². The van der Waals surface area contributed by atoms with Crippen LogP contribution in [-0.4, -0.2) is 33.6 Å². The molecule has 4 nitrogen and oxygen atoms in total. The maximum atomic E-state index is 14.0. The van der Waals surface area contributed by atoms with Gasteiger partial charge in [-0.15, -0.1) is 0 Å². The average Bonchev–Trinajstić information content (AvgIpc) is 2.95. The number of benzene rings is 1. The number of nitrogens with zero attached hydrogens (tertiary/aromatic N) is 2. The van der Waals surface area contributed by atoms with Crippen molar-refractivity contribution in [2.75, 3.05) is 0 Å². The Balaban J connectivity index is 2.00. The fraction of sp³-hybridized carbons (Fsp3) is 0.600. The zero-order valence-electron chi connectivity index (χ0n) is 16.1. The summed E-state index contributed by atoms with van der Waals surface area (Å²) in [4.78, 5) is 12.7. The van der Waals surface area contributed by atoms with Crippen molar-refractivity contribution in [3.05, 3.63) is 35.6 Å². The summed E-state index contributed by atoms with van der Waals surface area (Å²) in [5.41, 5.74) is -3.57. The molecule has 8 heteroatoms. The molecular formula is C20H24F4N2O2. The third-order valence-electron chi connectivity index (χ3n) is 6.43. The van der Waals surface area contributed by atoms with E-state index in [9.17, 15) is 27.5 Å². The van der Waals surface area contributed by atoms with E-state index in [1.807, 2.05) is 20.8 Å². The lowest BCUT2D eigenvalue weighted by molar-refractivity contribution is -0.314. The summed E-state index contributed by atoms with van der Waals surface area (Å²) in [5.74, 6) is -3.06. The Labute approximate surface area is 161 Å². The summed E-state index contributed by atoms with van der Waals surface area (Å²) in [5, 5.41) is 14.9. The van der Waals surface area contributed by atoms with Gasteiger partial charge in [-0.25, -0.2) is 4.39 Å². The van der Waals surface area contributed by atoms with Crippen LogP contribution >= 0.6 is 0 Å². The Morgan fingerprint density at radius 2 is 1.89 bits per heavy atom. The van der Waals surface area contributed by atoms with E-state index in [1.54, 1.807) is 0 Å². The van der Waals surface area contributed by atoms with E-state index in [0.717, 1.165) is 30.7 Å². The number of hydrazone groups is 1. The van der Waals surface area contributed by atoms with Crippen LogP contribution in [-0.2, 0) is 0 Å². The first-order chi connectivity index (χ1) is 12.9. The largest absolute Gasteiger partial charge is 0.439 e. The maximum Gasteiger partial charge on any atom is 0.439 e. The normalized spacial score (nSPS) is 28.1. The Hall–Kier alpha value is -1.96. The van der Waals surface area contributed by atoms with Crippen molar-refractivity contribution in [3.63, 3.8) is 0 Å². The van der Waals surface area contributed by atoms with Gasteiger partial charge >= 0.3 is 6.18 Å². The Kier molecular flexibility index (Phi) is 5.06. The number of fused-ring (bicyclic) bond motifs is 1. The van der Waals surface area contributed by atoms with Gasteiger partial charge in [-0.05, 0) is 54.9 Å². The van der Waals surface area contributed by atoms with Gasteiger partial charge in [0.15, 0.2) is 0 Å². The SMILES string of the molecule is CCC(C)(C)[C@@H]1CCC2=NN(C(=O)c3ccc(F)cc3)[C@](O)(C(F)(F)F)[C@H]2C1. The number of rotatable bonds is 3. The van der Waals surface area contributed by atoms with Crippen LogP contribution in [0.4, 0.5) is 17.6 Å². The van der Waals surface area contributed by atoms with Gasteiger partial charge in [0.05, 0.1) is 5.92 Å². The number of carbonyl (C=O) groups excluding carboxylic acids is 1. The molecule has 1 amide bonds. The van der Waals surface area contributed by atoms with Crippen molar-refractivity contribution in [3.8, 4) is 0 Å². The summed E-state index contributed by atoms with van der Waals surface area (Å²) in [6.45, 7) is 5.99. The summed E-state index contributed by atoms with van der Waals surface area (Å²) < 4.78 is 55.2. The molecule has 0 saturated heterocycles. The highest BCUT2D eigenvalue weighted by atomic mass is 19.4. The lowest BCUT2D eigenvalue weighted by Crippen LogP contribution is -2.62. The molecule has 1 heterocycles. The van der Waals surface area contributed by atoms with Gasteiger partial charge in [-0.1, -0.05) is 27.2 Å². The minimum atomic E-state index is -5.09. The van der Waals surface area contributed by atoms with E-state index in [1.165, 1.54) is 0 Å². The minimum absolute atomic E-state index is 0.0313. The van der Waals surface area contributed by atoms with E-state index >= 15 is 0 Å². The monoisotopic (exact) mass is 400 g/mol. The molecule has 1 fully saturated rings. The van der Waals surface area contributed by atoms with Gasteiger partial charge < -0.3 is 5.11 Å². The molecule has 1 aliphatic heterocycles. The lowest BCUT2D eigenvalue weighted by atomic mass is 9.64. The molecule has 0 spiro atoms. The molecule has 2 aliphatic rings. The summed E-state index contributed by atoms with van der Waals surface area (Å²) in [7, 11) is 0. The smallest absolute Gasteiger partial charge is 0.362 e. The van der Waals surface area contributed by atoms with Gasteiger partial charge in [0.1, 0.15) is 5.82 Å². The third-order valence-corrected chi connectivity index (χ3v) is 6.43. The van der Waals surface area contributed by atoms with Crippen LogP contribution in [0.5, 0.6) is 0 Å². The standard InChI is InChI=1S/C20H24F4N2O2/c1-4-18(2,3)13-7-10-16-15(11-13)19(28,20(22,23)24)26(25-16)17(27)12-5-8-14(21)9-6-12/h5-6,8-9,13,15,28H,4,7,10-11H2,1-3H3/t13-,15+,19-/m1/s1. The van der Waals surface area contributed by atoms with E-state index < -0.39 is 29.5 Å². The molecule has 1 saturated carbocycles. The molecule has 1 aromatic rings. The Bertz CT molecular complexity index is 788. The highest BCUT2D eigenvalue weighted by molar-refractivity contribution is 5.99. The summed E-state index contributed by atoms with van der Waals surface area (Å²) in [6, 6.07) is 4.13. The molecule has 0 aromatic heterocycles. The fourth-order valence-corrected chi connectivity index (χ4v) is 4.13. The minimum Gasteiger partial charge on any atom is -0.362 e. The van der Waals surface area contributed by atoms with Crippen molar-refractivity contribution in [1.29, 1.82) is 0 Å². The quantitative estimate of drug-likeness (QED) is 0.745. The fourth-order valence-electron chi connectivity index (χ4n) is 4.13. The molecule has 1 aromatic carbocycles. The predicted molar refractivity (Wildman–Crippen MR) is 95.9 cm³/mol. The molecule has 0 unspecified atom stereocenters. The molecule has 1 N–H and O–H groups in total. The number of halogens is 4. The second-order valence-corrected chi connectivity index (χ2v) is 8.31. The van der Waals surface area contributed by atoms with Crippen LogP contribution < -0.4 is 0 Å². The van der Waals surface area contributed by atoms with Gasteiger partial charge in [0, 0.05) is 11.3 Å². The van der Waals surface area contributed by atoms with Gasteiger partial charge in [0.25, 0.3) is 11.6 Å². The molecule has 0 radical (unpaired) electrons. The van der Waals surface area contributed by atoms with Crippen LogP contribution in [0.3, 0.4) is 0 Å². The lowest BCUT2D eigenvalue weighted by Gasteiger charge is -2.43. The van der Waals surface area contributed by atoms with Gasteiger partial charge in [-0.3, -0.25) is 4.79 Å². The second-order valence-electron chi connectivity index (χ2n) is 8.31. The molecule has 154 valence electrons. The first kappa shape index (κ1) is 20.8. The van der Waals surface area contributed by atoms with Crippen molar-refractivity contribution in [2.45, 2.75) is 58.4 Å². The number of hydrogen-bond acceptors (Lipinski definition) is 3. The second kappa shape index (κ2) is 6.83. The van der Waals surface area contributed by atoms with Crippen LogP contribution in [0.1, 0.15) is 56.8 Å². The number of amides is 1. The molecule has 3 rings (SSSR count). The zero-order chi connectivity index (χ0) is 20.9. The zero-order valence-corrected chi connectivity index (χ0v) is 16.1. The van der Waals surface area contributed by atoms with E-state index in [0.29, 0.717) is 12.8 Å². The number of aliphatic hydroxyl groups is 1. The van der Waals surface area contributed by atoms with Crippen LogP contribution in [0.2, 0.25) is 0 Å². The first-order valence-electron chi connectivity index (χ1n) is 9.38. The third kappa shape index (κ3) is 3.21. The maximum absolute atomic E-state index is 14.0. The highest BCUT2D eigenvalue weighted by Crippen LogP contribution is 2.52. The van der Waals surface area contributed by atoms with E-state index in [-0.39, 0.29) is 34.0 Å². The molecule has 1 aliphatic carbocycles. The Morgan fingerprint density at radius 3 is 2.43 bits per heavy atom. The molecule has 0 bridgehead atoms. The van der Waals surface area contributed by atoms with Crippen LogP contribution in [0.25, 0.3) is 0 Å².